The van der Waals surface area contributed by atoms with Gasteiger partial charge in [-0.15, -0.1) is 0 Å². The van der Waals surface area contributed by atoms with E-state index in [1.165, 1.54) is 0 Å². The third-order valence-corrected chi connectivity index (χ3v) is 0.512. The predicted molar refractivity (Wildman–Crippen MR) is 35.2 cm³/mol. The van der Waals surface area contributed by atoms with Gasteiger partial charge in [0.2, 0.25) is 0 Å². The monoisotopic (exact) mass is 123 g/mol. The molecular weight excluding hydrogens is 106 g/mol. The van der Waals surface area contributed by atoms with Crippen molar-refractivity contribution in [3.8, 4) is 0 Å². The third kappa shape index (κ3) is 39.6. The van der Waals surface area contributed by atoms with E-state index in [2.05, 4.69) is 6.92 Å². The summed E-state index contributed by atoms with van der Waals surface area (Å²) in [5, 5.41) is 15.1. The van der Waals surface area contributed by atoms with Crippen LogP contribution in [0.5, 0.6) is 0 Å². The van der Waals surface area contributed by atoms with Gasteiger partial charge in [-0.1, -0.05) is 13.3 Å². The van der Waals surface area contributed by atoms with Crippen LogP contribution in [0.1, 0.15) is 19.8 Å². The van der Waals surface area contributed by atoms with Crippen molar-refractivity contribution < 1.29 is 10.2 Å². The lowest BCUT2D eigenvalue weighted by atomic mass is 10.4. The molecule has 0 rings (SSSR count). The first-order valence-corrected chi connectivity index (χ1v) is 2.47. The summed E-state index contributed by atoms with van der Waals surface area (Å²) in [6.07, 6.45) is 2.04. The van der Waals surface area contributed by atoms with Crippen LogP contribution in [0, 0.1) is 0 Å². The molecule has 0 radical (unpaired) electrons. The van der Waals surface area contributed by atoms with Crippen LogP contribution in [0.2, 0.25) is 0 Å². The predicted octanol–water partition coefficient (Wildman–Crippen LogP) is 0.549. The molecule has 0 aromatic carbocycles. The molecular formula is C5H17NO2. The highest BCUT2D eigenvalue weighted by molar-refractivity contribution is 4.23. The fourth-order valence-corrected chi connectivity index (χ4v) is 0.158. The summed E-state index contributed by atoms with van der Waals surface area (Å²) < 4.78 is 0. The Hall–Kier alpha value is -0.120. The van der Waals surface area contributed by atoms with Crippen LogP contribution in [-0.2, 0) is 0 Å². The van der Waals surface area contributed by atoms with E-state index in [0.717, 1.165) is 20.0 Å². The van der Waals surface area contributed by atoms with Crippen molar-refractivity contribution in [1.29, 1.82) is 0 Å². The van der Waals surface area contributed by atoms with Crippen LogP contribution >= 0.6 is 0 Å². The number of hydrogen-bond donors (Lipinski definition) is 3. The molecule has 54 valence electrons. The Balaban J connectivity index is -0.0000000750. The Morgan fingerprint density at radius 2 is 1.62 bits per heavy atom. The van der Waals surface area contributed by atoms with Crippen molar-refractivity contribution in [2.75, 3.05) is 13.7 Å². The van der Waals surface area contributed by atoms with Crippen molar-refractivity contribution in [2.24, 2.45) is 0 Å². The summed E-state index contributed by atoms with van der Waals surface area (Å²) in [4.78, 5) is 0. The Labute approximate surface area is 50.9 Å². The minimum Gasteiger partial charge on any atom is -0.400 e. The largest absolute Gasteiger partial charge is 0.400 e. The molecule has 0 saturated heterocycles. The molecule has 0 amide bonds. The number of aliphatic hydroxyl groups excluding tert-OH is 2. The summed E-state index contributed by atoms with van der Waals surface area (Å²) in [5.41, 5.74) is 0. The lowest BCUT2D eigenvalue weighted by molar-refractivity contribution is 0.287. The fourth-order valence-electron chi connectivity index (χ4n) is 0.158. The van der Waals surface area contributed by atoms with Gasteiger partial charge in [-0.3, -0.25) is 0 Å². The lowest BCUT2D eigenvalue weighted by Crippen LogP contribution is -1.75. The summed E-state index contributed by atoms with van der Waals surface area (Å²) in [5.74, 6) is 0. The van der Waals surface area contributed by atoms with E-state index in [1.54, 1.807) is 0 Å². The highest BCUT2D eigenvalue weighted by Crippen LogP contribution is 1.78. The Kier molecular flexibility index (Phi) is 56.1. The molecule has 0 bridgehead atoms. The van der Waals surface area contributed by atoms with Gasteiger partial charge in [-0.05, 0) is 6.42 Å². The maximum absolute atomic E-state index is 8.07. The topological polar surface area (TPSA) is 75.5 Å². The van der Waals surface area contributed by atoms with Crippen molar-refractivity contribution in [2.45, 2.75) is 19.8 Å². The first kappa shape index (κ1) is 15.7. The van der Waals surface area contributed by atoms with Crippen LogP contribution in [0.25, 0.3) is 0 Å². The molecule has 0 spiro atoms. The van der Waals surface area contributed by atoms with E-state index < -0.39 is 0 Å². The van der Waals surface area contributed by atoms with Gasteiger partial charge in [0.15, 0.2) is 0 Å². The highest BCUT2D eigenvalue weighted by Gasteiger charge is 1.69. The summed E-state index contributed by atoms with van der Waals surface area (Å²) in [7, 11) is 1.00. The minimum absolute atomic E-state index is 0. The Bertz CT molecular complexity index is 17.9. The second-order valence-electron chi connectivity index (χ2n) is 1.08. The van der Waals surface area contributed by atoms with E-state index >= 15 is 0 Å². The van der Waals surface area contributed by atoms with Crippen LogP contribution in [0.15, 0.2) is 0 Å². The summed E-state index contributed by atoms with van der Waals surface area (Å²) in [6, 6.07) is 0. The molecule has 3 nitrogen and oxygen atoms in total. The quantitative estimate of drug-likeness (QED) is 0.502. The van der Waals surface area contributed by atoms with Crippen LogP contribution < -0.4 is 6.15 Å². The van der Waals surface area contributed by atoms with Crippen molar-refractivity contribution in [3.05, 3.63) is 0 Å². The van der Waals surface area contributed by atoms with Gasteiger partial charge in [0.25, 0.3) is 0 Å². The van der Waals surface area contributed by atoms with Gasteiger partial charge < -0.3 is 16.4 Å². The molecule has 8 heavy (non-hydrogen) atoms. The minimum atomic E-state index is 0. The lowest BCUT2D eigenvalue weighted by Gasteiger charge is -1.79. The molecule has 3 heteroatoms. The van der Waals surface area contributed by atoms with Gasteiger partial charge in [0, 0.05) is 13.7 Å². The van der Waals surface area contributed by atoms with E-state index in [-0.39, 0.29) is 6.15 Å². The molecule has 0 aliphatic carbocycles. The van der Waals surface area contributed by atoms with Crippen LogP contribution in [-0.4, -0.2) is 23.9 Å². The molecule has 0 aromatic rings. The maximum atomic E-state index is 8.07. The smallest absolute Gasteiger partial charge is 0.0430 e. The van der Waals surface area contributed by atoms with Gasteiger partial charge in [0.05, 0.1) is 0 Å². The van der Waals surface area contributed by atoms with Crippen molar-refractivity contribution in [3.63, 3.8) is 0 Å². The summed E-state index contributed by atoms with van der Waals surface area (Å²) in [6.45, 7) is 2.40. The Morgan fingerprint density at radius 3 is 1.62 bits per heavy atom. The van der Waals surface area contributed by atoms with Gasteiger partial charge in [-0.25, -0.2) is 0 Å². The Morgan fingerprint density at radius 1 is 1.25 bits per heavy atom. The standard InChI is InChI=1S/C4H10O.CH4O.H3N/c1-2-3-4-5;1-2;/h5H,2-4H2,1H3;2H,1H3;1H3. The molecule has 0 atom stereocenters. The zero-order valence-electron chi connectivity index (χ0n) is 5.72. The van der Waals surface area contributed by atoms with Crippen molar-refractivity contribution >= 4 is 0 Å². The molecule has 0 fully saturated rings. The molecule has 0 aromatic heterocycles. The van der Waals surface area contributed by atoms with Crippen molar-refractivity contribution in [1.82, 2.24) is 6.15 Å². The molecule has 5 N–H and O–H groups in total. The number of unbranched alkanes of at least 4 members (excludes halogenated alkanes) is 1. The van der Waals surface area contributed by atoms with E-state index in [1.807, 2.05) is 0 Å². The molecule has 0 aliphatic rings. The zero-order valence-corrected chi connectivity index (χ0v) is 5.72. The van der Waals surface area contributed by atoms with Crippen LogP contribution in [0.4, 0.5) is 0 Å². The maximum Gasteiger partial charge on any atom is 0.0430 e. The number of aliphatic hydroxyl groups is 2. The molecule has 0 unspecified atom stereocenters. The average Bonchev–Trinajstić information content (AvgIpc) is 1.75. The first-order chi connectivity index (χ1) is 3.41. The van der Waals surface area contributed by atoms with E-state index in [0.29, 0.717) is 6.61 Å². The highest BCUT2D eigenvalue weighted by atomic mass is 16.3. The van der Waals surface area contributed by atoms with Gasteiger partial charge in [-0.2, -0.15) is 0 Å². The summed E-state index contributed by atoms with van der Waals surface area (Å²) >= 11 is 0. The number of hydrogen-bond acceptors (Lipinski definition) is 3. The van der Waals surface area contributed by atoms with Gasteiger partial charge in [0.1, 0.15) is 0 Å². The second-order valence-corrected chi connectivity index (χ2v) is 1.08. The average molecular weight is 123 g/mol. The molecule has 0 aliphatic heterocycles. The van der Waals surface area contributed by atoms with Crippen LogP contribution in [0.3, 0.4) is 0 Å². The van der Waals surface area contributed by atoms with Gasteiger partial charge >= 0.3 is 0 Å². The van der Waals surface area contributed by atoms with E-state index in [4.69, 9.17) is 10.2 Å². The number of rotatable bonds is 2. The second kappa shape index (κ2) is 28.7. The molecule has 0 saturated carbocycles. The first-order valence-electron chi connectivity index (χ1n) is 2.47. The molecule has 0 heterocycles. The SMILES string of the molecule is CCCCO.CO.N. The normalized spacial score (nSPS) is 6.00. The zero-order chi connectivity index (χ0) is 6.12. The van der Waals surface area contributed by atoms with E-state index in [9.17, 15) is 0 Å². The fraction of sp³-hybridized carbons (Fsp3) is 1.00. The third-order valence-electron chi connectivity index (χ3n) is 0.512.